The summed E-state index contributed by atoms with van der Waals surface area (Å²) in [6.07, 6.45) is 5.23. The van der Waals surface area contributed by atoms with Crippen molar-refractivity contribution in [2.24, 2.45) is 5.92 Å². The Hall–Kier alpha value is -2.96. The zero-order valence-electron chi connectivity index (χ0n) is 15.8. The number of benzene rings is 2. The monoisotopic (exact) mass is 408 g/mol. The molecule has 148 valence electrons. The van der Waals surface area contributed by atoms with Crippen LogP contribution >= 0.6 is 11.6 Å². The third-order valence-electron chi connectivity index (χ3n) is 5.05. The van der Waals surface area contributed by atoms with Crippen LogP contribution in [0.25, 0.3) is 5.69 Å². The molecule has 0 saturated carbocycles. The third-order valence-corrected chi connectivity index (χ3v) is 5.29. The number of hydrogen-bond donors (Lipinski definition) is 2. The first-order chi connectivity index (χ1) is 14.1. The van der Waals surface area contributed by atoms with Gasteiger partial charge >= 0.3 is 0 Å². The van der Waals surface area contributed by atoms with Gasteiger partial charge in [-0.3, -0.25) is 9.59 Å². The predicted octanol–water partition coefficient (Wildman–Crippen LogP) is 3.69. The summed E-state index contributed by atoms with van der Waals surface area (Å²) in [5.74, 6) is -0.427. The maximum atomic E-state index is 13.4. The number of piperidine rings is 1. The zero-order valence-corrected chi connectivity index (χ0v) is 16.5. The van der Waals surface area contributed by atoms with Gasteiger partial charge in [-0.15, -0.1) is 0 Å². The molecule has 1 saturated heterocycles. The SMILES string of the molecule is O=C(c1cc(Cl)ccc1NC(=O)C1CCCNC1)c1ccccc1-n1cccn1. The number of halogens is 1. The van der Waals surface area contributed by atoms with Crippen LogP contribution in [0.5, 0.6) is 0 Å². The highest BCUT2D eigenvalue weighted by molar-refractivity contribution is 6.31. The fraction of sp³-hybridized carbons (Fsp3) is 0.227. The van der Waals surface area contributed by atoms with Crippen LogP contribution in [0, 0.1) is 5.92 Å². The number of rotatable bonds is 5. The first kappa shape index (κ1) is 19.4. The van der Waals surface area contributed by atoms with Crippen molar-refractivity contribution in [3.63, 3.8) is 0 Å². The van der Waals surface area contributed by atoms with Crippen molar-refractivity contribution in [3.8, 4) is 5.69 Å². The van der Waals surface area contributed by atoms with Crippen molar-refractivity contribution in [2.75, 3.05) is 18.4 Å². The molecule has 6 nitrogen and oxygen atoms in total. The van der Waals surface area contributed by atoms with Gasteiger partial charge in [0, 0.05) is 35.1 Å². The molecule has 3 aromatic rings. The van der Waals surface area contributed by atoms with Gasteiger partial charge in [0.25, 0.3) is 0 Å². The number of hydrogen-bond acceptors (Lipinski definition) is 4. The quantitative estimate of drug-likeness (QED) is 0.631. The minimum Gasteiger partial charge on any atom is -0.325 e. The second-order valence-electron chi connectivity index (χ2n) is 7.02. The molecule has 0 spiro atoms. The van der Waals surface area contributed by atoms with Crippen molar-refractivity contribution in [3.05, 3.63) is 77.1 Å². The highest BCUT2D eigenvalue weighted by Gasteiger charge is 2.24. The van der Waals surface area contributed by atoms with Gasteiger partial charge in [-0.25, -0.2) is 4.68 Å². The van der Waals surface area contributed by atoms with Gasteiger partial charge in [-0.1, -0.05) is 23.7 Å². The summed E-state index contributed by atoms with van der Waals surface area (Å²) in [5, 5.41) is 10.8. The van der Waals surface area contributed by atoms with Crippen LogP contribution in [0.2, 0.25) is 5.02 Å². The summed E-state index contributed by atoms with van der Waals surface area (Å²) in [4.78, 5) is 26.1. The lowest BCUT2D eigenvalue weighted by Crippen LogP contribution is -2.37. The maximum Gasteiger partial charge on any atom is 0.228 e. The van der Waals surface area contributed by atoms with E-state index in [1.807, 2.05) is 12.1 Å². The Labute approximate surface area is 173 Å². The van der Waals surface area contributed by atoms with E-state index in [0.29, 0.717) is 34.1 Å². The van der Waals surface area contributed by atoms with E-state index < -0.39 is 0 Å². The van der Waals surface area contributed by atoms with E-state index in [2.05, 4.69) is 15.7 Å². The molecule has 4 rings (SSSR count). The van der Waals surface area contributed by atoms with Crippen LogP contribution in [-0.4, -0.2) is 34.6 Å². The highest BCUT2D eigenvalue weighted by atomic mass is 35.5. The summed E-state index contributed by atoms with van der Waals surface area (Å²) in [6.45, 7) is 1.57. The van der Waals surface area contributed by atoms with E-state index >= 15 is 0 Å². The lowest BCUT2D eigenvalue weighted by molar-refractivity contribution is -0.120. The molecule has 1 aliphatic rings. The van der Waals surface area contributed by atoms with Gasteiger partial charge in [-0.05, 0) is 55.8 Å². The first-order valence-corrected chi connectivity index (χ1v) is 9.96. The van der Waals surface area contributed by atoms with Crippen LogP contribution in [0.4, 0.5) is 5.69 Å². The molecular formula is C22H21ClN4O2. The lowest BCUT2D eigenvalue weighted by Gasteiger charge is -2.22. The fourth-order valence-corrected chi connectivity index (χ4v) is 3.72. The number of nitrogens with one attached hydrogen (secondary N) is 2. The van der Waals surface area contributed by atoms with Gasteiger partial charge in [0.15, 0.2) is 5.78 Å². The Morgan fingerprint density at radius 3 is 2.76 bits per heavy atom. The largest absolute Gasteiger partial charge is 0.325 e. The Morgan fingerprint density at radius 2 is 2.00 bits per heavy atom. The van der Waals surface area contributed by atoms with Crippen molar-refractivity contribution >= 4 is 29.0 Å². The average Bonchev–Trinajstić information content (AvgIpc) is 3.30. The Bertz CT molecular complexity index is 1030. The maximum absolute atomic E-state index is 13.4. The van der Waals surface area contributed by atoms with Crippen molar-refractivity contribution in [1.29, 1.82) is 0 Å². The summed E-state index contributed by atoms with van der Waals surface area (Å²) in [7, 11) is 0. The van der Waals surface area contributed by atoms with Crippen molar-refractivity contribution in [2.45, 2.75) is 12.8 Å². The fourth-order valence-electron chi connectivity index (χ4n) is 3.55. The average molecular weight is 409 g/mol. The smallest absolute Gasteiger partial charge is 0.228 e. The lowest BCUT2D eigenvalue weighted by atomic mass is 9.97. The third kappa shape index (κ3) is 4.23. The summed E-state index contributed by atoms with van der Waals surface area (Å²) < 4.78 is 1.64. The second-order valence-corrected chi connectivity index (χ2v) is 7.46. The topological polar surface area (TPSA) is 76.0 Å². The summed E-state index contributed by atoms with van der Waals surface area (Å²) >= 11 is 6.18. The van der Waals surface area contributed by atoms with Gasteiger partial charge in [0.1, 0.15) is 0 Å². The predicted molar refractivity (Wildman–Crippen MR) is 113 cm³/mol. The van der Waals surface area contributed by atoms with E-state index in [1.165, 1.54) is 0 Å². The molecule has 0 bridgehead atoms. The molecule has 7 heteroatoms. The molecular weight excluding hydrogens is 388 g/mol. The standard InChI is InChI=1S/C22H21ClN4O2/c23-16-8-9-19(26-22(29)15-5-3-10-24-14-15)18(13-16)21(28)17-6-1-2-7-20(17)27-12-4-11-25-27/h1-2,4,6-9,11-13,15,24H,3,5,10,14H2,(H,26,29). The van der Waals surface area contributed by atoms with E-state index in [-0.39, 0.29) is 17.6 Å². The van der Waals surface area contributed by atoms with Gasteiger partial charge in [0.05, 0.1) is 17.3 Å². The number of para-hydroxylation sites is 1. The van der Waals surface area contributed by atoms with Crippen LogP contribution in [0.15, 0.2) is 60.9 Å². The van der Waals surface area contributed by atoms with Crippen molar-refractivity contribution < 1.29 is 9.59 Å². The molecule has 1 unspecified atom stereocenters. The number of carbonyl (C=O) groups excluding carboxylic acids is 2. The Morgan fingerprint density at radius 1 is 1.14 bits per heavy atom. The Kier molecular flexibility index (Phi) is 5.74. The molecule has 2 heterocycles. The highest BCUT2D eigenvalue weighted by Crippen LogP contribution is 2.27. The zero-order chi connectivity index (χ0) is 20.2. The molecule has 1 aliphatic heterocycles. The van der Waals surface area contributed by atoms with Gasteiger partial charge in [-0.2, -0.15) is 5.10 Å². The van der Waals surface area contributed by atoms with E-state index in [0.717, 1.165) is 19.4 Å². The summed E-state index contributed by atoms with van der Waals surface area (Å²) in [5.41, 5.74) is 1.96. The number of amides is 1. The van der Waals surface area contributed by atoms with E-state index in [4.69, 9.17) is 11.6 Å². The molecule has 0 radical (unpaired) electrons. The van der Waals surface area contributed by atoms with Crippen molar-refractivity contribution in [1.82, 2.24) is 15.1 Å². The van der Waals surface area contributed by atoms with Crippen LogP contribution in [-0.2, 0) is 4.79 Å². The Balaban J connectivity index is 1.68. The molecule has 1 aromatic heterocycles. The van der Waals surface area contributed by atoms with Crippen LogP contribution in [0.3, 0.4) is 0 Å². The minimum absolute atomic E-state index is 0.0890. The minimum atomic E-state index is -0.226. The first-order valence-electron chi connectivity index (χ1n) is 9.58. The molecule has 2 aromatic carbocycles. The van der Waals surface area contributed by atoms with E-state index in [1.54, 1.807) is 53.5 Å². The molecule has 1 atom stereocenters. The van der Waals surface area contributed by atoms with Crippen LogP contribution in [0.1, 0.15) is 28.8 Å². The number of carbonyl (C=O) groups is 2. The summed E-state index contributed by atoms with van der Waals surface area (Å²) in [6, 6.07) is 14.0. The molecule has 2 N–H and O–H groups in total. The molecule has 1 fully saturated rings. The molecule has 29 heavy (non-hydrogen) atoms. The molecule has 0 aliphatic carbocycles. The van der Waals surface area contributed by atoms with E-state index in [9.17, 15) is 9.59 Å². The molecule has 1 amide bonds. The number of anilines is 1. The number of ketones is 1. The normalized spacial score (nSPS) is 16.4. The second kappa shape index (κ2) is 8.59. The van der Waals surface area contributed by atoms with Gasteiger partial charge in [0.2, 0.25) is 5.91 Å². The number of nitrogens with zero attached hydrogens (tertiary/aromatic N) is 2. The van der Waals surface area contributed by atoms with Crippen LogP contribution < -0.4 is 10.6 Å². The van der Waals surface area contributed by atoms with Gasteiger partial charge < -0.3 is 10.6 Å². The number of aromatic nitrogens is 2.